The number of carbonyl (C=O) groups excluding carboxylic acids is 1. The number of amides is 1. The van der Waals surface area contributed by atoms with Gasteiger partial charge < -0.3 is 11.1 Å². The molecule has 1 atom stereocenters. The Kier molecular flexibility index (Phi) is 8.72. The molecule has 0 spiro atoms. The van der Waals surface area contributed by atoms with Crippen molar-refractivity contribution in [1.82, 2.24) is 15.2 Å². The van der Waals surface area contributed by atoms with Crippen LogP contribution in [0.25, 0.3) is 11.1 Å². The summed E-state index contributed by atoms with van der Waals surface area (Å²) in [5, 5.41) is 3.04. The highest BCUT2D eigenvalue weighted by molar-refractivity contribution is 5.85. The first kappa shape index (κ1) is 21.4. The minimum Gasteiger partial charge on any atom is -0.354 e. The molecule has 27 heavy (non-hydrogen) atoms. The summed E-state index contributed by atoms with van der Waals surface area (Å²) in [6, 6.07) is 13.1. The Morgan fingerprint density at radius 2 is 2.07 bits per heavy atom. The quantitative estimate of drug-likeness (QED) is 0.764. The number of aromatic nitrogens is 1. The van der Waals surface area contributed by atoms with Gasteiger partial charge in [-0.15, -0.1) is 12.4 Å². The Morgan fingerprint density at radius 1 is 1.22 bits per heavy atom. The summed E-state index contributed by atoms with van der Waals surface area (Å²) in [5.41, 5.74) is 9.08. The minimum atomic E-state index is 0. The molecule has 1 fully saturated rings. The molecule has 1 saturated heterocycles. The summed E-state index contributed by atoms with van der Waals surface area (Å²) in [7, 11) is 0. The third-order valence-corrected chi connectivity index (χ3v) is 4.96. The van der Waals surface area contributed by atoms with Crippen molar-refractivity contribution in [2.75, 3.05) is 19.6 Å². The van der Waals surface area contributed by atoms with E-state index in [0.29, 0.717) is 25.6 Å². The Hall–Kier alpha value is -1.95. The van der Waals surface area contributed by atoms with E-state index in [1.54, 1.807) is 6.20 Å². The van der Waals surface area contributed by atoms with Crippen molar-refractivity contribution >= 4 is 18.3 Å². The maximum absolute atomic E-state index is 11.7. The van der Waals surface area contributed by atoms with Crippen molar-refractivity contribution in [3.05, 3.63) is 54.4 Å². The lowest BCUT2D eigenvalue weighted by Gasteiger charge is -2.36. The van der Waals surface area contributed by atoms with Crippen LogP contribution in [0.15, 0.2) is 48.8 Å². The van der Waals surface area contributed by atoms with E-state index < -0.39 is 0 Å². The number of nitrogens with zero attached hydrogens (tertiary/aromatic N) is 2. The maximum atomic E-state index is 11.7. The number of halogens is 1. The van der Waals surface area contributed by atoms with Gasteiger partial charge in [0.25, 0.3) is 0 Å². The molecule has 1 aromatic heterocycles. The van der Waals surface area contributed by atoms with Gasteiger partial charge in [-0.1, -0.05) is 30.7 Å². The van der Waals surface area contributed by atoms with Crippen LogP contribution < -0.4 is 11.1 Å². The van der Waals surface area contributed by atoms with Crippen molar-refractivity contribution in [3.63, 3.8) is 0 Å². The number of nitrogens with one attached hydrogen (secondary N) is 1. The number of rotatable bonds is 7. The predicted molar refractivity (Wildman–Crippen MR) is 112 cm³/mol. The highest BCUT2D eigenvalue weighted by Gasteiger charge is 2.22. The van der Waals surface area contributed by atoms with Crippen molar-refractivity contribution < 1.29 is 4.79 Å². The number of nitrogens with two attached hydrogens (primary N) is 1. The average Bonchev–Trinajstić information content (AvgIpc) is 2.68. The topological polar surface area (TPSA) is 71.2 Å². The lowest BCUT2D eigenvalue weighted by atomic mass is 9.99. The first-order valence-electron chi connectivity index (χ1n) is 9.46. The fraction of sp³-hybridized carbons (Fsp3) is 0.429. The summed E-state index contributed by atoms with van der Waals surface area (Å²) in [6.45, 7) is 3.10. The van der Waals surface area contributed by atoms with Crippen molar-refractivity contribution in [2.45, 2.75) is 38.3 Å². The largest absolute Gasteiger partial charge is 0.354 e. The zero-order chi connectivity index (χ0) is 18.2. The van der Waals surface area contributed by atoms with Gasteiger partial charge in [0.1, 0.15) is 0 Å². The van der Waals surface area contributed by atoms with Gasteiger partial charge in [0.15, 0.2) is 0 Å². The minimum absolute atomic E-state index is 0. The summed E-state index contributed by atoms with van der Waals surface area (Å²) >= 11 is 0. The van der Waals surface area contributed by atoms with Crippen LogP contribution in [0.2, 0.25) is 0 Å². The molecular formula is C21H29ClN4O. The van der Waals surface area contributed by atoms with Crippen LogP contribution in [0.3, 0.4) is 0 Å². The predicted octanol–water partition coefficient (Wildman–Crippen LogP) is 2.99. The monoisotopic (exact) mass is 388 g/mol. The zero-order valence-corrected chi connectivity index (χ0v) is 16.5. The molecule has 1 aromatic carbocycles. The number of piperidine rings is 1. The van der Waals surface area contributed by atoms with Gasteiger partial charge in [0, 0.05) is 44.5 Å². The third-order valence-electron chi connectivity index (χ3n) is 4.96. The van der Waals surface area contributed by atoms with Gasteiger partial charge in [-0.05, 0) is 48.2 Å². The molecule has 0 bridgehead atoms. The van der Waals surface area contributed by atoms with E-state index in [-0.39, 0.29) is 18.3 Å². The second kappa shape index (κ2) is 11.0. The number of likely N-dealkylation sites (tertiary alicyclic amines) is 1. The molecule has 3 rings (SSSR count). The molecule has 1 aliphatic rings. The molecule has 2 aromatic rings. The van der Waals surface area contributed by atoms with Crippen molar-refractivity contribution in [3.8, 4) is 11.1 Å². The fourth-order valence-corrected chi connectivity index (χ4v) is 3.57. The first-order valence-corrected chi connectivity index (χ1v) is 9.46. The smallest absolute Gasteiger partial charge is 0.221 e. The molecule has 0 radical (unpaired) electrons. The second-order valence-electron chi connectivity index (χ2n) is 6.90. The van der Waals surface area contributed by atoms with E-state index in [1.807, 2.05) is 12.3 Å². The summed E-state index contributed by atoms with van der Waals surface area (Å²) < 4.78 is 0. The van der Waals surface area contributed by atoms with Gasteiger partial charge in [-0.2, -0.15) is 0 Å². The molecule has 1 unspecified atom stereocenters. The van der Waals surface area contributed by atoms with Gasteiger partial charge in [-0.3, -0.25) is 14.7 Å². The van der Waals surface area contributed by atoms with Crippen LogP contribution in [0.1, 0.15) is 31.2 Å². The van der Waals surface area contributed by atoms with Crippen molar-refractivity contribution in [2.24, 2.45) is 5.73 Å². The van der Waals surface area contributed by atoms with Gasteiger partial charge in [-0.25, -0.2) is 0 Å². The molecular weight excluding hydrogens is 360 g/mol. The summed E-state index contributed by atoms with van der Waals surface area (Å²) in [6.07, 6.45) is 7.67. The van der Waals surface area contributed by atoms with Crippen LogP contribution in [-0.2, 0) is 11.3 Å². The van der Waals surface area contributed by atoms with E-state index in [2.05, 4.69) is 45.5 Å². The molecule has 2 heterocycles. The highest BCUT2D eigenvalue weighted by atomic mass is 35.5. The van der Waals surface area contributed by atoms with E-state index >= 15 is 0 Å². The van der Waals surface area contributed by atoms with E-state index in [4.69, 9.17) is 5.73 Å². The Labute approximate surface area is 167 Å². The number of pyridine rings is 1. The van der Waals surface area contributed by atoms with Crippen LogP contribution in [0.4, 0.5) is 0 Å². The van der Waals surface area contributed by atoms with E-state index in [0.717, 1.165) is 25.1 Å². The average molecular weight is 389 g/mol. The molecule has 5 nitrogen and oxygen atoms in total. The van der Waals surface area contributed by atoms with Crippen LogP contribution in [-0.4, -0.2) is 41.5 Å². The lowest BCUT2D eigenvalue weighted by Crippen LogP contribution is -2.46. The molecule has 0 aliphatic carbocycles. The van der Waals surface area contributed by atoms with Gasteiger partial charge in [0.2, 0.25) is 5.91 Å². The standard InChI is InChI=1S/C21H28N4O.ClH/c22-10-9-21(26)24-15-20-8-1-2-12-25(20)16-17-5-3-6-18(13-17)19-7-4-11-23-14-19;/h3-7,11,13-14,20H,1-2,8-10,12,15-16,22H2,(H,24,26);1H. The van der Waals surface area contributed by atoms with E-state index in [1.165, 1.54) is 24.0 Å². The van der Waals surface area contributed by atoms with Gasteiger partial charge in [0.05, 0.1) is 0 Å². The summed E-state index contributed by atoms with van der Waals surface area (Å²) in [5.74, 6) is 0.0524. The number of benzene rings is 1. The zero-order valence-electron chi connectivity index (χ0n) is 15.6. The molecule has 1 aliphatic heterocycles. The Bertz CT molecular complexity index is 710. The molecule has 3 N–H and O–H groups in total. The molecule has 146 valence electrons. The first-order chi connectivity index (χ1) is 12.8. The Balaban J connectivity index is 0.00000261. The number of hydrogen-bond donors (Lipinski definition) is 2. The van der Waals surface area contributed by atoms with Crippen LogP contribution in [0, 0.1) is 0 Å². The highest BCUT2D eigenvalue weighted by Crippen LogP contribution is 2.23. The van der Waals surface area contributed by atoms with E-state index in [9.17, 15) is 4.79 Å². The molecule has 6 heteroatoms. The van der Waals surface area contributed by atoms with Crippen LogP contribution >= 0.6 is 12.4 Å². The summed E-state index contributed by atoms with van der Waals surface area (Å²) in [4.78, 5) is 18.4. The number of carbonyl (C=O) groups is 1. The fourth-order valence-electron chi connectivity index (χ4n) is 3.57. The van der Waals surface area contributed by atoms with Crippen LogP contribution in [0.5, 0.6) is 0 Å². The molecule has 0 saturated carbocycles. The third kappa shape index (κ3) is 6.31. The van der Waals surface area contributed by atoms with Crippen molar-refractivity contribution in [1.29, 1.82) is 0 Å². The second-order valence-corrected chi connectivity index (χ2v) is 6.90. The maximum Gasteiger partial charge on any atom is 0.221 e. The SMILES string of the molecule is Cl.NCCC(=O)NCC1CCCCN1Cc1cccc(-c2cccnc2)c1. The molecule has 1 amide bonds. The number of hydrogen-bond acceptors (Lipinski definition) is 4. The van der Waals surface area contributed by atoms with Gasteiger partial charge >= 0.3 is 0 Å². The normalized spacial score (nSPS) is 17.1. The lowest BCUT2D eigenvalue weighted by molar-refractivity contribution is -0.121. The Morgan fingerprint density at radius 3 is 2.85 bits per heavy atom.